The molecule has 0 aliphatic rings. The fraction of sp³-hybridized carbons (Fsp3) is 0.412. The Labute approximate surface area is 145 Å². The molecule has 136 valence electrons. The van der Waals surface area contributed by atoms with E-state index >= 15 is 0 Å². The van der Waals surface area contributed by atoms with Crippen LogP contribution in [0.4, 0.5) is 5.69 Å². The highest BCUT2D eigenvalue weighted by Gasteiger charge is 2.31. The van der Waals surface area contributed by atoms with Crippen LogP contribution in [-0.2, 0) is 4.79 Å². The molecule has 0 aliphatic carbocycles. The maximum Gasteiger partial charge on any atom is 0.217 e. The zero-order chi connectivity index (χ0) is 18.4. The van der Waals surface area contributed by atoms with Gasteiger partial charge in [0.2, 0.25) is 5.91 Å². The van der Waals surface area contributed by atoms with Crippen molar-refractivity contribution in [1.82, 2.24) is 10.3 Å². The topological polar surface area (TPSA) is 135 Å². The average Bonchev–Trinajstić information content (AvgIpc) is 2.62. The van der Waals surface area contributed by atoms with E-state index in [0.717, 1.165) is 16.6 Å². The summed E-state index contributed by atoms with van der Waals surface area (Å²) in [6.45, 7) is 0.702. The molecule has 4 atom stereocenters. The number of rotatable bonds is 8. The van der Waals surface area contributed by atoms with E-state index in [-0.39, 0.29) is 12.5 Å². The number of nitrogens with one attached hydrogen (secondary N) is 2. The van der Waals surface area contributed by atoms with Crippen molar-refractivity contribution in [2.45, 2.75) is 31.3 Å². The number of anilines is 1. The van der Waals surface area contributed by atoms with Crippen molar-refractivity contribution in [3.63, 3.8) is 0 Å². The Hall–Kier alpha value is -2.26. The molecule has 8 nitrogen and oxygen atoms in total. The van der Waals surface area contributed by atoms with E-state index in [1.807, 2.05) is 30.3 Å². The molecule has 1 heterocycles. The Kier molecular flexibility index (Phi) is 6.65. The summed E-state index contributed by atoms with van der Waals surface area (Å²) in [4.78, 5) is 15.6. The van der Waals surface area contributed by atoms with Crippen molar-refractivity contribution < 1.29 is 25.2 Å². The number of nitrogens with zero attached hydrogens (tertiary/aromatic N) is 1. The smallest absolute Gasteiger partial charge is 0.217 e. The molecule has 0 saturated heterocycles. The molecule has 2 rings (SSSR count). The maximum atomic E-state index is 11.4. The first kappa shape index (κ1) is 19.1. The van der Waals surface area contributed by atoms with Gasteiger partial charge >= 0.3 is 0 Å². The third kappa shape index (κ3) is 5.10. The van der Waals surface area contributed by atoms with Crippen molar-refractivity contribution in [2.75, 3.05) is 18.5 Å². The highest BCUT2D eigenvalue weighted by Crippen LogP contribution is 2.17. The van der Waals surface area contributed by atoms with Gasteiger partial charge in [0.25, 0.3) is 0 Å². The summed E-state index contributed by atoms with van der Waals surface area (Å²) in [5.74, 6) is -0.390. The average molecular weight is 349 g/mol. The minimum absolute atomic E-state index is 0.113. The van der Waals surface area contributed by atoms with Crippen molar-refractivity contribution in [3.8, 4) is 0 Å². The van der Waals surface area contributed by atoms with Gasteiger partial charge in [-0.25, -0.2) is 0 Å². The van der Waals surface area contributed by atoms with Crippen LogP contribution in [-0.4, -0.2) is 68.8 Å². The Morgan fingerprint density at radius 3 is 2.64 bits per heavy atom. The zero-order valence-corrected chi connectivity index (χ0v) is 13.8. The first-order valence-corrected chi connectivity index (χ1v) is 7.93. The SMILES string of the molecule is CC(=O)N[C@@H](CNc1ccc2ncccc2c1)[C@@H](O)[C@H](O)[C@@H](O)CO. The number of hydrogen-bond donors (Lipinski definition) is 6. The number of aliphatic hydroxyl groups excluding tert-OH is 4. The van der Waals surface area contributed by atoms with Gasteiger partial charge in [-0.05, 0) is 24.3 Å². The molecule has 0 bridgehead atoms. The predicted octanol–water partition coefficient (Wildman–Crippen LogP) is -0.774. The van der Waals surface area contributed by atoms with Gasteiger partial charge < -0.3 is 31.1 Å². The number of amides is 1. The normalized spacial score (nSPS) is 16.0. The van der Waals surface area contributed by atoms with Crippen LogP contribution in [0.1, 0.15) is 6.92 Å². The summed E-state index contributed by atoms with van der Waals surface area (Å²) in [5.41, 5.74) is 1.59. The van der Waals surface area contributed by atoms with Crippen molar-refractivity contribution in [2.24, 2.45) is 0 Å². The van der Waals surface area contributed by atoms with Crippen LogP contribution in [0.25, 0.3) is 10.9 Å². The highest BCUT2D eigenvalue weighted by atomic mass is 16.4. The van der Waals surface area contributed by atoms with Gasteiger partial charge in [-0.1, -0.05) is 6.07 Å². The van der Waals surface area contributed by atoms with Crippen LogP contribution in [0, 0.1) is 0 Å². The van der Waals surface area contributed by atoms with Gasteiger partial charge in [-0.2, -0.15) is 0 Å². The summed E-state index contributed by atoms with van der Waals surface area (Å²) in [6, 6.07) is 8.39. The molecular formula is C17H23N3O5. The number of hydrogen-bond acceptors (Lipinski definition) is 7. The monoisotopic (exact) mass is 349 g/mol. The van der Waals surface area contributed by atoms with E-state index in [9.17, 15) is 20.1 Å². The van der Waals surface area contributed by atoms with Gasteiger partial charge in [-0.3, -0.25) is 9.78 Å². The van der Waals surface area contributed by atoms with Crippen molar-refractivity contribution in [3.05, 3.63) is 36.5 Å². The van der Waals surface area contributed by atoms with Gasteiger partial charge in [-0.15, -0.1) is 0 Å². The summed E-state index contributed by atoms with van der Waals surface area (Å²) in [5, 5.41) is 45.0. The number of fused-ring (bicyclic) bond motifs is 1. The largest absolute Gasteiger partial charge is 0.394 e. The van der Waals surface area contributed by atoms with Crippen LogP contribution in [0.2, 0.25) is 0 Å². The number of carbonyl (C=O) groups excluding carboxylic acids is 1. The van der Waals surface area contributed by atoms with Crippen molar-refractivity contribution >= 4 is 22.5 Å². The molecule has 0 radical (unpaired) electrons. The lowest BCUT2D eigenvalue weighted by atomic mass is 10.0. The van der Waals surface area contributed by atoms with Gasteiger partial charge in [0.05, 0.1) is 18.2 Å². The van der Waals surface area contributed by atoms with Gasteiger partial charge in [0.1, 0.15) is 18.3 Å². The molecule has 1 aromatic carbocycles. The molecular weight excluding hydrogens is 326 g/mol. The molecule has 2 aromatic rings. The first-order chi connectivity index (χ1) is 11.9. The second-order valence-corrected chi connectivity index (χ2v) is 5.83. The molecule has 6 N–H and O–H groups in total. The fourth-order valence-electron chi connectivity index (χ4n) is 2.51. The molecule has 1 aromatic heterocycles. The second kappa shape index (κ2) is 8.72. The van der Waals surface area contributed by atoms with Crippen LogP contribution in [0.5, 0.6) is 0 Å². The zero-order valence-electron chi connectivity index (χ0n) is 13.8. The van der Waals surface area contributed by atoms with E-state index in [0.29, 0.717) is 0 Å². The minimum Gasteiger partial charge on any atom is -0.394 e. The Morgan fingerprint density at radius 1 is 1.20 bits per heavy atom. The molecule has 25 heavy (non-hydrogen) atoms. The van der Waals surface area contributed by atoms with Crippen LogP contribution in [0.3, 0.4) is 0 Å². The number of aromatic nitrogens is 1. The lowest BCUT2D eigenvalue weighted by Crippen LogP contribution is -2.55. The van der Waals surface area contributed by atoms with Gasteiger partial charge in [0.15, 0.2) is 0 Å². The Balaban J connectivity index is 2.08. The van der Waals surface area contributed by atoms with E-state index in [2.05, 4.69) is 15.6 Å². The summed E-state index contributed by atoms with van der Waals surface area (Å²) in [7, 11) is 0. The lowest BCUT2D eigenvalue weighted by Gasteiger charge is -2.29. The third-order valence-electron chi connectivity index (χ3n) is 3.86. The summed E-state index contributed by atoms with van der Waals surface area (Å²) in [6.07, 6.45) is -2.85. The maximum absolute atomic E-state index is 11.4. The summed E-state index contributed by atoms with van der Waals surface area (Å²) < 4.78 is 0. The lowest BCUT2D eigenvalue weighted by molar-refractivity contribution is -0.123. The standard InChI is InChI=1S/C17H23N3O5/c1-10(22)20-14(16(24)17(25)15(23)9-21)8-19-12-4-5-13-11(7-12)3-2-6-18-13/h2-7,14-17,19,21,23-25H,8-9H2,1H3,(H,20,22)/t14-,15-,16+,17+/m0/s1. The number of aliphatic hydroxyl groups is 4. The molecule has 8 heteroatoms. The first-order valence-electron chi connectivity index (χ1n) is 7.93. The van der Waals surface area contributed by atoms with Crippen LogP contribution >= 0.6 is 0 Å². The minimum atomic E-state index is -1.59. The second-order valence-electron chi connectivity index (χ2n) is 5.83. The van der Waals surface area contributed by atoms with E-state index < -0.39 is 31.0 Å². The number of pyridine rings is 1. The van der Waals surface area contributed by atoms with Gasteiger partial charge in [0, 0.05) is 30.7 Å². The predicted molar refractivity (Wildman–Crippen MR) is 92.9 cm³/mol. The molecule has 0 aliphatic heterocycles. The Morgan fingerprint density at radius 2 is 1.96 bits per heavy atom. The summed E-state index contributed by atoms with van der Waals surface area (Å²) >= 11 is 0. The van der Waals surface area contributed by atoms with Crippen LogP contribution in [0.15, 0.2) is 36.5 Å². The third-order valence-corrected chi connectivity index (χ3v) is 3.86. The number of benzene rings is 1. The highest BCUT2D eigenvalue weighted by molar-refractivity contribution is 5.82. The Bertz CT molecular complexity index is 711. The quantitative estimate of drug-likeness (QED) is 0.368. The molecule has 0 saturated carbocycles. The molecule has 1 amide bonds. The molecule has 0 unspecified atom stereocenters. The molecule has 0 spiro atoms. The van der Waals surface area contributed by atoms with Crippen molar-refractivity contribution in [1.29, 1.82) is 0 Å². The van der Waals surface area contributed by atoms with E-state index in [1.165, 1.54) is 6.92 Å². The van der Waals surface area contributed by atoms with E-state index in [1.54, 1.807) is 6.20 Å². The molecule has 0 fully saturated rings. The van der Waals surface area contributed by atoms with E-state index in [4.69, 9.17) is 5.11 Å². The number of carbonyl (C=O) groups is 1. The van der Waals surface area contributed by atoms with Crippen LogP contribution < -0.4 is 10.6 Å². The fourth-order valence-corrected chi connectivity index (χ4v) is 2.51.